The van der Waals surface area contributed by atoms with Gasteiger partial charge in [0.15, 0.2) is 12.1 Å². The Morgan fingerprint density at radius 1 is 1.36 bits per heavy atom. The average molecular weight is 459 g/mol. The maximum atomic E-state index is 14.4. The second kappa shape index (κ2) is 10.4. The van der Waals surface area contributed by atoms with Crippen molar-refractivity contribution in [3.8, 4) is 0 Å². The van der Waals surface area contributed by atoms with Gasteiger partial charge in [-0.15, -0.1) is 0 Å². The summed E-state index contributed by atoms with van der Waals surface area (Å²) in [4.78, 5) is 0. The molecule has 1 fully saturated rings. The van der Waals surface area contributed by atoms with Crippen LogP contribution < -0.4 is 10.6 Å². The zero-order chi connectivity index (χ0) is 20.7. The Kier molecular flexibility index (Phi) is 8.24. The molecule has 0 bridgehead atoms. The number of halogens is 3. The van der Waals surface area contributed by atoms with Crippen molar-refractivity contribution in [2.24, 2.45) is 0 Å². The maximum Gasteiger partial charge on any atom is 0.186 e. The van der Waals surface area contributed by atoms with E-state index in [0.29, 0.717) is 30.6 Å². The molecule has 1 aliphatic rings. The number of aliphatic hydroxyl groups is 1. The Morgan fingerprint density at radius 3 is 2.61 bits per heavy atom. The van der Waals surface area contributed by atoms with Crippen LogP contribution >= 0.6 is 15.9 Å². The molecule has 0 saturated carbocycles. The number of hydrogen-bond acceptors (Lipinski definition) is 7. The fourth-order valence-electron chi connectivity index (χ4n) is 2.54. The predicted octanol–water partition coefficient (Wildman–Crippen LogP) is 3.34. The van der Waals surface area contributed by atoms with Crippen LogP contribution in [-0.4, -0.2) is 43.4 Å². The lowest BCUT2D eigenvalue weighted by atomic mass is 10.1. The zero-order valence-electron chi connectivity index (χ0n) is 15.1. The number of hydrogen-bond donors (Lipinski definition) is 5. The van der Waals surface area contributed by atoms with E-state index in [0.717, 1.165) is 12.3 Å². The van der Waals surface area contributed by atoms with Gasteiger partial charge in [-0.1, -0.05) is 0 Å². The summed E-state index contributed by atoms with van der Waals surface area (Å²) in [6.45, 7) is 2.98. The number of ether oxygens (including phenoxy) is 2. The highest BCUT2D eigenvalue weighted by molar-refractivity contribution is 9.11. The monoisotopic (exact) mass is 458 g/mol. The standard InChI is InChI=1S/C18H21BrF2N4O3/c1-2-24-17(19)12(8-22)16(26)15(13(21)9-23)25-14-4-3-10(20)7-11(14)18-27-5-6-28-18/h3-4,7-9,16,18,22-26H,2,5-6H2,1H3/b15-13+,17-12+,22-8?,23-9?. The lowest BCUT2D eigenvalue weighted by Crippen LogP contribution is -2.26. The third kappa shape index (κ3) is 5.22. The molecule has 1 heterocycles. The van der Waals surface area contributed by atoms with Crippen LogP contribution in [-0.2, 0) is 9.47 Å². The normalized spacial score (nSPS) is 17.5. The molecule has 5 N–H and O–H groups in total. The molecule has 2 rings (SSSR count). The Labute approximate surface area is 169 Å². The molecule has 0 radical (unpaired) electrons. The minimum Gasteiger partial charge on any atom is -0.382 e. The predicted molar refractivity (Wildman–Crippen MR) is 106 cm³/mol. The van der Waals surface area contributed by atoms with Crippen LogP contribution in [0.2, 0.25) is 0 Å². The van der Waals surface area contributed by atoms with E-state index in [4.69, 9.17) is 20.3 Å². The molecule has 1 atom stereocenters. The van der Waals surface area contributed by atoms with Gasteiger partial charge in [-0.3, -0.25) is 0 Å². The fraction of sp³-hybridized carbons (Fsp3) is 0.333. The lowest BCUT2D eigenvalue weighted by Gasteiger charge is -2.22. The largest absolute Gasteiger partial charge is 0.382 e. The number of allylic oxidation sites excluding steroid dienone is 1. The van der Waals surface area contributed by atoms with E-state index >= 15 is 0 Å². The SMILES string of the molecule is CCN/C(Br)=C(\C=N)C(O)/C(Nc1ccc(F)cc1C1OCCO1)=C(\F)C=N. The van der Waals surface area contributed by atoms with Crippen molar-refractivity contribution in [3.05, 3.63) is 51.3 Å². The molecule has 10 heteroatoms. The summed E-state index contributed by atoms with van der Waals surface area (Å²) in [5.74, 6) is -1.58. The summed E-state index contributed by atoms with van der Waals surface area (Å²) in [5, 5.41) is 31.0. The van der Waals surface area contributed by atoms with Gasteiger partial charge < -0.3 is 36.0 Å². The van der Waals surface area contributed by atoms with Crippen molar-refractivity contribution in [3.63, 3.8) is 0 Å². The minimum absolute atomic E-state index is 0.0402. The first-order valence-electron chi connectivity index (χ1n) is 8.44. The van der Waals surface area contributed by atoms with Crippen molar-refractivity contribution in [2.75, 3.05) is 25.1 Å². The number of aliphatic hydroxyl groups excluding tert-OH is 1. The average Bonchev–Trinajstić information content (AvgIpc) is 3.21. The van der Waals surface area contributed by atoms with Gasteiger partial charge in [-0.2, -0.15) is 0 Å². The lowest BCUT2D eigenvalue weighted by molar-refractivity contribution is -0.0437. The third-order valence-electron chi connectivity index (χ3n) is 3.85. The molecule has 28 heavy (non-hydrogen) atoms. The number of nitrogens with one attached hydrogen (secondary N) is 4. The first-order valence-corrected chi connectivity index (χ1v) is 9.24. The Bertz CT molecular complexity index is 795. The van der Waals surface area contributed by atoms with Gasteiger partial charge in [0.25, 0.3) is 0 Å². The molecule has 1 unspecified atom stereocenters. The van der Waals surface area contributed by atoms with E-state index in [1.807, 2.05) is 6.92 Å². The highest BCUT2D eigenvalue weighted by Gasteiger charge is 2.26. The van der Waals surface area contributed by atoms with Crippen LogP contribution in [0.5, 0.6) is 0 Å². The maximum absolute atomic E-state index is 14.4. The van der Waals surface area contributed by atoms with Gasteiger partial charge in [-0.25, -0.2) is 8.78 Å². The summed E-state index contributed by atoms with van der Waals surface area (Å²) in [6.07, 6.45) is -1.15. The van der Waals surface area contributed by atoms with Crippen LogP contribution in [0.25, 0.3) is 0 Å². The smallest absolute Gasteiger partial charge is 0.186 e. The van der Waals surface area contributed by atoms with Crippen molar-refractivity contribution >= 4 is 34.0 Å². The number of anilines is 1. The molecule has 1 aromatic carbocycles. The highest BCUT2D eigenvalue weighted by atomic mass is 79.9. The minimum atomic E-state index is -1.60. The van der Waals surface area contributed by atoms with Gasteiger partial charge in [0.1, 0.15) is 11.9 Å². The Morgan fingerprint density at radius 2 is 2.04 bits per heavy atom. The molecule has 1 saturated heterocycles. The van der Waals surface area contributed by atoms with Crippen LogP contribution in [0.4, 0.5) is 14.5 Å². The van der Waals surface area contributed by atoms with E-state index in [1.54, 1.807) is 0 Å². The van der Waals surface area contributed by atoms with E-state index in [9.17, 15) is 13.9 Å². The van der Waals surface area contributed by atoms with Gasteiger partial charge >= 0.3 is 0 Å². The third-order valence-corrected chi connectivity index (χ3v) is 4.59. The summed E-state index contributed by atoms with van der Waals surface area (Å²) >= 11 is 3.21. The molecule has 0 amide bonds. The Balaban J connectivity index is 2.45. The van der Waals surface area contributed by atoms with E-state index in [-0.39, 0.29) is 22.5 Å². The van der Waals surface area contributed by atoms with Gasteiger partial charge in [0, 0.05) is 29.6 Å². The first kappa shape index (κ1) is 22.2. The first-order chi connectivity index (χ1) is 13.4. The van der Waals surface area contributed by atoms with E-state index in [2.05, 4.69) is 26.6 Å². The van der Waals surface area contributed by atoms with Crippen molar-refractivity contribution in [1.29, 1.82) is 10.8 Å². The second-order valence-electron chi connectivity index (χ2n) is 5.68. The van der Waals surface area contributed by atoms with E-state index < -0.39 is 24.0 Å². The molecule has 152 valence electrons. The van der Waals surface area contributed by atoms with Crippen molar-refractivity contribution < 1.29 is 23.4 Å². The van der Waals surface area contributed by atoms with Crippen molar-refractivity contribution in [2.45, 2.75) is 19.3 Å². The summed E-state index contributed by atoms with van der Waals surface area (Å²) in [5.41, 5.74) is 0.182. The molecule has 1 aromatic rings. The second-order valence-corrected chi connectivity index (χ2v) is 6.48. The zero-order valence-corrected chi connectivity index (χ0v) is 16.6. The van der Waals surface area contributed by atoms with Crippen molar-refractivity contribution in [1.82, 2.24) is 5.32 Å². The summed E-state index contributed by atoms with van der Waals surface area (Å²) in [7, 11) is 0. The highest BCUT2D eigenvalue weighted by Crippen LogP contribution is 2.32. The number of rotatable bonds is 9. The molecular weight excluding hydrogens is 438 g/mol. The molecule has 1 aliphatic heterocycles. The Hall–Kier alpha value is -2.14. The molecule has 0 spiro atoms. The molecule has 7 nitrogen and oxygen atoms in total. The van der Waals surface area contributed by atoms with Crippen LogP contribution in [0.15, 0.2) is 39.9 Å². The van der Waals surface area contributed by atoms with Gasteiger partial charge in [0.05, 0.1) is 29.7 Å². The summed E-state index contributed by atoms with van der Waals surface area (Å²) < 4.78 is 39.2. The summed E-state index contributed by atoms with van der Waals surface area (Å²) in [6, 6.07) is 3.70. The van der Waals surface area contributed by atoms with Crippen LogP contribution in [0, 0.1) is 16.6 Å². The van der Waals surface area contributed by atoms with Crippen LogP contribution in [0.1, 0.15) is 18.8 Å². The molecule has 0 aliphatic carbocycles. The molecule has 0 aromatic heterocycles. The topological polar surface area (TPSA) is 110 Å². The quantitative estimate of drug-likeness (QED) is 0.288. The van der Waals surface area contributed by atoms with E-state index in [1.165, 1.54) is 12.1 Å². The molecular formula is C18H21BrF2N4O3. The fourth-order valence-corrected chi connectivity index (χ4v) is 3.15. The number of benzene rings is 1. The van der Waals surface area contributed by atoms with Crippen LogP contribution in [0.3, 0.4) is 0 Å². The van der Waals surface area contributed by atoms with Gasteiger partial charge in [-0.05, 0) is 41.1 Å². The van der Waals surface area contributed by atoms with Gasteiger partial charge in [0.2, 0.25) is 0 Å².